The Balaban J connectivity index is 2.97. The quantitative estimate of drug-likeness (QED) is 0.779. The van der Waals surface area contributed by atoms with Crippen molar-refractivity contribution in [2.75, 3.05) is 5.32 Å². The summed E-state index contributed by atoms with van der Waals surface area (Å²) in [5.74, 6) is -1.48. The van der Waals surface area contributed by atoms with E-state index in [9.17, 15) is 9.59 Å². The van der Waals surface area contributed by atoms with Crippen LogP contribution < -0.4 is 11.1 Å². The molecule has 20 heavy (non-hydrogen) atoms. The molecule has 1 aromatic rings. The number of primary amides is 1. The average molecular weight is 299 g/mol. The number of carbonyl (C=O) groups excluding carboxylic acids is 1. The van der Waals surface area contributed by atoms with Crippen LogP contribution in [0.15, 0.2) is 18.2 Å². The number of carboxylic acid groups (broad SMARTS) is 1. The number of carbonyl (C=O) groups is 2. The lowest BCUT2D eigenvalue weighted by Gasteiger charge is -2.31. The van der Waals surface area contributed by atoms with Crippen molar-refractivity contribution in [2.24, 2.45) is 11.1 Å². The molecule has 1 amide bonds. The first kappa shape index (κ1) is 16.3. The topological polar surface area (TPSA) is 92.4 Å². The van der Waals surface area contributed by atoms with Crippen LogP contribution in [0, 0.1) is 5.41 Å². The Kier molecular flexibility index (Phi) is 5.00. The number of hydrogen-bond acceptors (Lipinski definition) is 3. The van der Waals surface area contributed by atoms with Crippen molar-refractivity contribution in [1.82, 2.24) is 0 Å². The lowest BCUT2D eigenvalue weighted by Crippen LogP contribution is -2.36. The molecule has 1 unspecified atom stereocenters. The summed E-state index contributed by atoms with van der Waals surface area (Å²) in [6, 6.07) is 4.48. The molecule has 0 bridgehead atoms. The molecule has 0 saturated carbocycles. The Morgan fingerprint density at radius 3 is 2.40 bits per heavy atom. The van der Waals surface area contributed by atoms with Crippen LogP contribution in [0.4, 0.5) is 5.69 Å². The standard InChI is InChI=1S/C14H19ClN2O3/c1-14(2,3)11(7-12(18)19)17-8-4-5-9(13(16)20)10(15)6-8/h4-6,11,17H,7H2,1-3H3,(H2,16,20)(H,18,19). The molecule has 0 spiro atoms. The van der Waals surface area contributed by atoms with E-state index < -0.39 is 11.9 Å². The van der Waals surface area contributed by atoms with Crippen molar-refractivity contribution in [3.05, 3.63) is 28.8 Å². The monoisotopic (exact) mass is 298 g/mol. The van der Waals surface area contributed by atoms with E-state index in [4.69, 9.17) is 22.4 Å². The summed E-state index contributed by atoms with van der Waals surface area (Å²) < 4.78 is 0. The highest BCUT2D eigenvalue weighted by Gasteiger charge is 2.27. The average Bonchev–Trinajstić information content (AvgIpc) is 2.25. The predicted octanol–water partition coefficient (Wildman–Crippen LogP) is 2.74. The molecular formula is C14H19ClN2O3. The van der Waals surface area contributed by atoms with Crippen LogP contribution in [-0.4, -0.2) is 23.0 Å². The van der Waals surface area contributed by atoms with E-state index in [2.05, 4.69) is 5.32 Å². The molecule has 1 rings (SSSR count). The molecule has 0 aliphatic rings. The number of amides is 1. The van der Waals surface area contributed by atoms with E-state index in [-0.39, 0.29) is 28.5 Å². The van der Waals surface area contributed by atoms with Gasteiger partial charge in [0.1, 0.15) is 0 Å². The van der Waals surface area contributed by atoms with Crippen molar-refractivity contribution in [1.29, 1.82) is 0 Å². The molecule has 1 atom stereocenters. The minimum atomic E-state index is -0.878. The highest BCUT2D eigenvalue weighted by atomic mass is 35.5. The fourth-order valence-electron chi connectivity index (χ4n) is 1.75. The number of aliphatic carboxylic acids is 1. The Morgan fingerprint density at radius 1 is 1.40 bits per heavy atom. The predicted molar refractivity (Wildman–Crippen MR) is 79.1 cm³/mol. The van der Waals surface area contributed by atoms with Gasteiger partial charge in [-0.05, 0) is 23.6 Å². The molecule has 0 aliphatic heterocycles. The van der Waals surface area contributed by atoms with E-state index >= 15 is 0 Å². The van der Waals surface area contributed by atoms with Crippen LogP contribution in [0.2, 0.25) is 5.02 Å². The fraction of sp³-hybridized carbons (Fsp3) is 0.429. The number of carboxylic acids is 1. The number of nitrogens with one attached hydrogen (secondary N) is 1. The van der Waals surface area contributed by atoms with Crippen LogP contribution in [0.1, 0.15) is 37.6 Å². The van der Waals surface area contributed by atoms with E-state index in [0.717, 1.165) is 0 Å². The van der Waals surface area contributed by atoms with Gasteiger partial charge in [-0.2, -0.15) is 0 Å². The van der Waals surface area contributed by atoms with Crippen molar-refractivity contribution >= 4 is 29.2 Å². The number of halogens is 1. The lowest BCUT2D eigenvalue weighted by atomic mass is 9.84. The molecule has 0 saturated heterocycles. The molecular weight excluding hydrogens is 280 g/mol. The first-order valence-electron chi connectivity index (χ1n) is 6.19. The molecule has 0 fully saturated rings. The summed E-state index contributed by atoms with van der Waals surface area (Å²) in [6.45, 7) is 5.85. The molecule has 0 radical (unpaired) electrons. The van der Waals surface area contributed by atoms with E-state index in [1.165, 1.54) is 6.07 Å². The number of nitrogens with two attached hydrogens (primary N) is 1. The van der Waals surface area contributed by atoms with E-state index in [0.29, 0.717) is 5.69 Å². The molecule has 0 heterocycles. The summed E-state index contributed by atoms with van der Waals surface area (Å²) in [5.41, 5.74) is 5.83. The number of rotatable bonds is 5. The van der Waals surface area contributed by atoms with Gasteiger partial charge < -0.3 is 16.2 Å². The first-order valence-corrected chi connectivity index (χ1v) is 6.56. The van der Waals surface area contributed by atoms with Gasteiger partial charge in [-0.15, -0.1) is 0 Å². The molecule has 5 nitrogen and oxygen atoms in total. The van der Waals surface area contributed by atoms with Gasteiger partial charge >= 0.3 is 5.97 Å². The van der Waals surface area contributed by atoms with Crippen LogP contribution in [-0.2, 0) is 4.79 Å². The first-order chi connectivity index (χ1) is 9.11. The lowest BCUT2D eigenvalue weighted by molar-refractivity contribution is -0.137. The maximum Gasteiger partial charge on any atom is 0.305 e. The normalized spacial score (nSPS) is 12.8. The van der Waals surface area contributed by atoms with Crippen molar-refractivity contribution in [2.45, 2.75) is 33.2 Å². The zero-order valence-corrected chi connectivity index (χ0v) is 12.5. The zero-order valence-electron chi connectivity index (χ0n) is 11.7. The third-order valence-corrected chi connectivity index (χ3v) is 3.31. The minimum Gasteiger partial charge on any atom is -0.481 e. The summed E-state index contributed by atoms with van der Waals surface area (Å²) in [4.78, 5) is 22.0. The summed E-state index contributed by atoms with van der Waals surface area (Å²) >= 11 is 5.97. The summed E-state index contributed by atoms with van der Waals surface area (Å²) in [5, 5.41) is 12.4. The van der Waals surface area contributed by atoms with Gasteiger partial charge in [0.25, 0.3) is 0 Å². The SMILES string of the molecule is CC(C)(C)C(CC(=O)O)Nc1ccc(C(N)=O)c(Cl)c1. The van der Waals surface area contributed by atoms with Crippen LogP contribution in [0.5, 0.6) is 0 Å². The van der Waals surface area contributed by atoms with E-state index in [1.807, 2.05) is 20.8 Å². The van der Waals surface area contributed by atoms with Gasteiger partial charge in [0.15, 0.2) is 0 Å². The Labute approximate surface area is 123 Å². The van der Waals surface area contributed by atoms with E-state index in [1.54, 1.807) is 12.1 Å². The van der Waals surface area contributed by atoms with Crippen LogP contribution >= 0.6 is 11.6 Å². The van der Waals surface area contributed by atoms with Crippen LogP contribution in [0.25, 0.3) is 0 Å². The highest BCUT2D eigenvalue weighted by molar-refractivity contribution is 6.34. The smallest absolute Gasteiger partial charge is 0.305 e. The summed E-state index contributed by atoms with van der Waals surface area (Å²) in [7, 11) is 0. The number of benzene rings is 1. The Hall–Kier alpha value is -1.75. The van der Waals surface area contributed by atoms with Crippen molar-refractivity contribution < 1.29 is 14.7 Å². The molecule has 0 aromatic heterocycles. The van der Waals surface area contributed by atoms with Gasteiger partial charge in [-0.1, -0.05) is 32.4 Å². The van der Waals surface area contributed by atoms with Gasteiger partial charge in [0.2, 0.25) is 5.91 Å². The Bertz CT molecular complexity index is 524. The third kappa shape index (κ3) is 4.42. The zero-order chi connectivity index (χ0) is 15.5. The number of hydrogen-bond donors (Lipinski definition) is 3. The third-order valence-electron chi connectivity index (χ3n) is 3.00. The summed E-state index contributed by atoms with van der Waals surface area (Å²) in [6.07, 6.45) is -0.0152. The molecule has 0 aliphatic carbocycles. The second kappa shape index (κ2) is 6.13. The molecule has 110 valence electrons. The largest absolute Gasteiger partial charge is 0.481 e. The Morgan fingerprint density at radius 2 is 2.00 bits per heavy atom. The van der Waals surface area contributed by atoms with Gasteiger partial charge in [-0.25, -0.2) is 0 Å². The maximum absolute atomic E-state index is 11.1. The van der Waals surface area contributed by atoms with Gasteiger partial charge in [-0.3, -0.25) is 9.59 Å². The fourth-order valence-corrected chi connectivity index (χ4v) is 2.03. The minimum absolute atomic E-state index is 0.0152. The second-order valence-electron chi connectivity index (χ2n) is 5.72. The second-order valence-corrected chi connectivity index (χ2v) is 6.13. The van der Waals surface area contributed by atoms with Gasteiger partial charge in [0, 0.05) is 11.7 Å². The van der Waals surface area contributed by atoms with Crippen molar-refractivity contribution in [3.63, 3.8) is 0 Å². The highest BCUT2D eigenvalue weighted by Crippen LogP contribution is 2.28. The maximum atomic E-state index is 11.1. The number of anilines is 1. The van der Waals surface area contributed by atoms with Crippen LogP contribution in [0.3, 0.4) is 0 Å². The molecule has 6 heteroatoms. The molecule has 4 N–H and O–H groups in total. The van der Waals surface area contributed by atoms with Gasteiger partial charge in [0.05, 0.1) is 17.0 Å². The van der Waals surface area contributed by atoms with Crippen molar-refractivity contribution in [3.8, 4) is 0 Å². The molecule has 1 aromatic carbocycles.